The van der Waals surface area contributed by atoms with Crippen molar-refractivity contribution in [1.29, 1.82) is 0 Å². The SMILES string of the molecule is O=C(/C=C/c1cccc(Br)c1)NC[C@H]1CCCO1. The van der Waals surface area contributed by atoms with E-state index >= 15 is 0 Å². The highest BCUT2D eigenvalue weighted by Crippen LogP contribution is 2.13. The Labute approximate surface area is 115 Å². The molecule has 96 valence electrons. The normalized spacial score (nSPS) is 19.3. The van der Waals surface area contributed by atoms with Crippen molar-refractivity contribution in [3.63, 3.8) is 0 Å². The van der Waals surface area contributed by atoms with E-state index < -0.39 is 0 Å². The highest BCUT2D eigenvalue weighted by Gasteiger charge is 2.15. The highest BCUT2D eigenvalue weighted by molar-refractivity contribution is 9.10. The van der Waals surface area contributed by atoms with Crippen molar-refractivity contribution in [3.05, 3.63) is 40.4 Å². The van der Waals surface area contributed by atoms with Gasteiger partial charge in [-0.05, 0) is 36.6 Å². The fourth-order valence-corrected chi connectivity index (χ4v) is 2.28. The largest absolute Gasteiger partial charge is 0.376 e. The number of hydrogen-bond donors (Lipinski definition) is 1. The van der Waals surface area contributed by atoms with E-state index in [4.69, 9.17) is 4.74 Å². The summed E-state index contributed by atoms with van der Waals surface area (Å²) < 4.78 is 6.44. The van der Waals surface area contributed by atoms with Crippen LogP contribution in [0.2, 0.25) is 0 Å². The third-order valence-corrected chi connectivity index (χ3v) is 3.30. The molecule has 1 aliphatic heterocycles. The number of amides is 1. The molecule has 0 unspecified atom stereocenters. The number of rotatable bonds is 4. The van der Waals surface area contributed by atoms with Crippen LogP contribution in [0.4, 0.5) is 0 Å². The summed E-state index contributed by atoms with van der Waals surface area (Å²) in [6, 6.07) is 7.81. The van der Waals surface area contributed by atoms with Crippen molar-refractivity contribution < 1.29 is 9.53 Å². The molecular formula is C14H16BrNO2. The fourth-order valence-electron chi connectivity index (χ4n) is 1.86. The smallest absolute Gasteiger partial charge is 0.244 e. The van der Waals surface area contributed by atoms with Crippen molar-refractivity contribution in [2.75, 3.05) is 13.2 Å². The zero-order valence-electron chi connectivity index (χ0n) is 10.1. The molecule has 1 N–H and O–H groups in total. The maximum absolute atomic E-state index is 11.6. The standard InChI is InChI=1S/C14H16BrNO2/c15-12-4-1-3-11(9-12)6-7-14(17)16-10-13-5-2-8-18-13/h1,3-4,6-7,9,13H,2,5,8,10H2,(H,16,17)/b7-6+/t13-/m1/s1. The maximum Gasteiger partial charge on any atom is 0.244 e. The van der Waals surface area contributed by atoms with Crippen molar-refractivity contribution in [3.8, 4) is 0 Å². The van der Waals surface area contributed by atoms with Crippen LogP contribution < -0.4 is 5.32 Å². The van der Waals surface area contributed by atoms with Crippen LogP contribution in [0.3, 0.4) is 0 Å². The van der Waals surface area contributed by atoms with E-state index in [0.717, 1.165) is 29.5 Å². The minimum absolute atomic E-state index is 0.0783. The van der Waals surface area contributed by atoms with E-state index in [-0.39, 0.29) is 12.0 Å². The van der Waals surface area contributed by atoms with Gasteiger partial charge in [0.15, 0.2) is 0 Å². The highest BCUT2D eigenvalue weighted by atomic mass is 79.9. The van der Waals surface area contributed by atoms with Crippen LogP contribution in [0.15, 0.2) is 34.8 Å². The first-order valence-electron chi connectivity index (χ1n) is 6.07. The molecule has 1 aromatic rings. The molecule has 1 aromatic carbocycles. The summed E-state index contributed by atoms with van der Waals surface area (Å²) in [5.74, 6) is -0.0783. The molecule has 0 bridgehead atoms. The molecule has 2 rings (SSSR count). The van der Waals surface area contributed by atoms with Crippen molar-refractivity contribution in [2.24, 2.45) is 0 Å². The van der Waals surface area contributed by atoms with Crippen molar-refractivity contribution >= 4 is 27.9 Å². The van der Waals surface area contributed by atoms with E-state index in [1.165, 1.54) is 0 Å². The lowest BCUT2D eigenvalue weighted by Gasteiger charge is -2.08. The number of benzene rings is 1. The average Bonchev–Trinajstić information content (AvgIpc) is 2.87. The zero-order valence-corrected chi connectivity index (χ0v) is 11.7. The van der Waals surface area contributed by atoms with Gasteiger partial charge in [0.05, 0.1) is 6.10 Å². The van der Waals surface area contributed by atoms with Crippen LogP contribution >= 0.6 is 15.9 Å². The van der Waals surface area contributed by atoms with Crippen molar-refractivity contribution in [2.45, 2.75) is 18.9 Å². The van der Waals surface area contributed by atoms with Gasteiger partial charge >= 0.3 is 0 Å². The Morgan fingerprint density at radius 3 is 3.17 bits per heavy atom. The van der Waals surface area contributed by atoms with Gasteiger partial charge in [0.1, 0.15) is 0 Å². The second-order valence-corrected chi connectivity index (χ2v) is 5.18. The first-order chi connectivity index (χ1) is 8.74. The van der Waals surface area contributed by atoms with Gasteiger partial charge in [-0.25, -0.2) is 0 Å². The van der Waals surface area contributed by atoms with Gasteiger partial charge in [0.25, 0.3) is 0 Å². The second kappa shape index (κ2) is 6.71. The lowest BCUT2D eigenvalue weighted by atomic mass is 10.2. The molecule has 3 nitrogen and oxygen atoms in total. The molecule has 4 heteroatoms. The predicted octanol–water partition coefficient (Wildman–Crippen LogP) is 2.76. The Kier molecular flexibility index (Phi) is 4.96. The molecule has 1 heterocycles. The summed E-state index contributed by atoms with van der Waals surface area (Å²) in [5, 5.41) is 2.85. The van der Waals surface area contributed by atoms with E-state index in [9.17, 15) is 4.79 Å². The summed E-state index contributed by atoms with van der Waals surface area (Å²) in [7, 11) is 0. The summed E-state index contributed by atoms with van der Waals surface area (Å²) in [6.07, 6.45) is 5.67. The Morgan fingerprint density at radius 1 is 1.56 bits per heavy atom. The topological polar surface area (TPSA) is 38.3 Å². The summed E-state index contributed by atoms with van der Waals surface area (Å²) >= 11 is 3.39. The zero-order chi connectivity index (χ0) is 12.8. The molecule has 1 atom stereocenters. The van der Waals surface area contributed by atoms with Crippen LogP contribution in [-0.4, -0.2) is 25.2 Å². The molecule has 1 fully saturated rings. The molecule has 18 heavy (non-hydrogen) atoms. The molecule has 1 aliphatic rings. The quantitative estimate of drug-likeness (QED) is 0.869. The van der Waals surface area contributed by atoms with Gasteiger partial charge in [-0.15, -0.1) is 0 Å². The van der Waals surface area contributed by atoms with E-state index in [1.807, 2.05) is 24.3 Å². The first-order valence-corrected chi connectivity index (χ1v) is 6.86. The number of nitrogens with one attached hydrogen (secondary N) is 1. The summed E-state index contributed by atoms with van der Waals surface area (Å²) in [4.78, 5) is 11.6. The number of ether oxygens (including phenoxy) is 1. The van der Waals surface area contributed by atoms with E-state index in [2.05, 4.69) is 21.2 Å². The van der Waals surface area contributed by atoms with Gasteiger partial charge in [-0.2, -0.15) is 0 Å². The number of carbonyl (C=O) groups is 1. The van der Waals surface area contributed by atoms with Gasteiger partial charge in [0, 0.05) is 23.7 Å². The Bertz CT molecular complexity index is 439. The van der Waals surface area contributed by atoms with Crippen LogP contribution in [0.25, 0.3) is 6.08 Å². The number of halogens is 1. The first kappa shape index (κ1) is 13.3. The maximum atomic E-state index is 11.6. The van der Waals surface area contributed by atoms with Crippen LogP contribution in [0, 0.1) is 0 Å². The molecule has 1 saturated heterocycles. The van der Waals surface area contributed by atoms with Crippen LogP contribution in [-0.2, 0) is 9.53 Å². The van der Waals surface area contributed by atoms with Crippen LogP contribution in [0.5, 0.6) is 0 Å². The third-order valence-electron chi connectivity index (χ3n) is 2.80. The molecule has 0 aromatic heterocycles. The van der Waals surface area contributed by atoms with E-state index in [1.54, 1.807) is 12.2 Å². The summed E-state index contributed by atoms with van der Waals surface area (Å²) in [5.41, 5.74) is 0.997. The summed E-state index contributed by atoms with van der Waals surface area (Å²) in [6.45, 7) is 1.41. The molecule has 0 spiro atoms. The Morgan fingerprint density at radius 2 is 2.44 bits per heavy atom. The minimum atomic E-state index is -0.0783. The molecule has 0 radical (unpaired) electrons. The Hall–Kier alpha value is -1.13. The van der Waals surface area contributed by atoms with Gasteiger partial charge in [-0.3, -0.25) is 4.79 Å². The average molecular weight is 310 g/mol. The molecule has 1 amide bonds. The van der Waals surface area contributed by atoms with Gasteiger partial charge in [0.2, 0.25) is 5.91 Å². The van der Waals surface area contributed by atoms with Gasteiger partial charge in [-0.1, -0.05) is 28.1 Å². The third kappa shape index (κ3) is 4.27. The lowest BCUT2D eigenvalue weighted by Crippen LogP contribution is -2.30. The predicted molar refractivity (Wildman–Crippen MR) is 75.2 cm³/mol. The molecule has 0 saturated carbocycles. The number of carbonyl (C=O) groups excluding carboxylic acids is 1. The molecule has 0 aliphatic carbocycles. The molecular weight excluding hydrogens is 294 g/mol. The van der Waals surface area contributed by atoms with E-state index in [0.29, 0.717) is 6.54 Å². The minimum Gasteiger partial charge on any atom is -0.376 e. The Balaban J connectivity index is 1.79. The van der Waals surface area contributed by atoms with Crippen molar-refractivity contribution in [1.82, 2.24) is 5.32 Å². The lowest BCUT2D eigenvalue weighted by molar-refractivity contribution is -0.116. The van der Waals surface area contributed by atoms with Gasteiger partial charge < -0.3 is 10.1 Å². The number of hydrogen-bond acceptors (Lipinski definition) is 2. The monoisotopic (exact) mass is 309 g/mol. The van der Waals surface area contributed by atoms with Crippen LogP contribution in [0.1, 0.15) is 18.4 Å². The second-order valence-electron chi connectivity index (χ2n) is 4.27. The fraction of sp³-hybridized carbons (Fsp3) is 0.357.